The van der Waals surface area contributed by atoms with E-state index in [2.05, 4.69) is 5.32 Å². The predicted molar refractivity (Wildman–Crippen MR) is 109 cm³/mol. The lowest BCUT2D eigenvalue weighted by atomic mass is 10.2. The maximum absolute atomic E-state index is 13.1. The van der Waals surface area contributed by atoms with Crippen molar-refractivity contribution in [3.8, 4) is 0 Å². The van der Waals surface area contributed by atoms with Gasteiger partial charge in [0.2, 0.25) is 0 Å². The fourth-order valence-electron chi connectivity index (χ4n) is 3.21. The lowest BCUT2D eigenvalue weighted by Gasteiger charge is -2.28. The predicted octanol–water partition coefficient (Wildman–Crippen LogP) is 2.52. The molecule has 1 aromatic heterocycles. The Bertz CT molecular complexity index is 932. The molecule has 10 heteroatoms. The number of alkyl carbamates (subject to hydrolysis) is 1. The van der Waals surface area contributed by atoms with Crippen molar-refractivity contribution in [1.29, 1.82) is 0 Å². The van der Waals surface area contributed by atoms with Gasteiger partial charge in [-0.15, -0.1) is 11.3 Å². The number of nitrogens with zero attached hydrogens (tertiary/aromatic N) is 2. The van der Waals surface area contributed by atoms with Gasteiger partial charge >= 0.3 is 6.09 Å². The topological polar surface area (TPSA) is 88.2 Å². The van der Waals surface area contributed by atoms with Crippen LogP contribution in [0.15, 0.2) is 36.4 Å². The molecule has 0 aliphatic carbocycles. The van der Waals surface area contributed by atoms with Crippen LogP contribution in [0.25, 0.3) is 0 Å². The minimum Gasteiger partial charge on any atom is -0.442 e. The lowest BCUT2D eigenvalue weighted by molar-refractivity contribution is -0.125. The number of nitrogens with one attached hydrogen (secondary N) is 1. The van der Waals surface area contributed by atoms with Crippen LogP contribution in [0.3, 0.4) is 0 Å². The van der Waals surface area contributed by atoms with Crippen molar-refractivity contribution in [3.63, 3.8) is 0 Å². The number of morpholine rings is 1. The summed E-state index contributed by atoms with van der Waals surface area (Å²) in [5.41, 5.74) is 1.37. The number of halogens is 1. The number of cyclic esters (lactones) is 1. The molecule has 0 spiro atoms. The third kappa shape index (κ3) is 4.36. The number of carbonyl (C=O) groups is 3. The van der Waals surface area contributed by atoms with Crippen LogP contribution in [0.2, 0.25) is 4.34 Å². The number of thiophene rings is 1. The van der Waals surface area contributed by atoms with Crippen LogP contribution >= 0.6 is 22.9 Å². The molecule has 1 aromatic carbocycles. The van der Waals surface area contributed by atoms with E-state index in [1.165, 1.54) is 11.3 Å². The highest BCUT2D eigenvalue weighted by atomic mass is 35.5. The first kappa shape index (κ1) is 19.7. The summed E-state index contributed by atoms with van der Waals surface area (Å²) in [6, 6.07) is 10.5. The molecule has 2 fully saturated rings. The van der Waals surface area contributed by atoms with E-state index < -0.39 is 12.2 Å². The van der Waals surface area contributed by atoms with Crippen molar-refractivity contribution >= 4 is 52.2 Å². The first-order valence-electron chi connectivity index (χ1n) is 9.01. The zero-order valence-corrected chi connectivity index (χ0v) is 16.9. The smallest absolute Gasteiger partial charge is 0.407 e. The average Bonchev–Trinajstić information content (AvgIpc) is 3.34. The molecule has 8 nitrogen and oxygen atoms in total. The second-order valence-electron chi connectivity index (χ2n) is 6.54. The van der Waals surface area contributed by atoms with Crippen molar-refractivity contribution in [2.75, 3.05) is 42.6 Å². The molecule has 0 saturated carbocycles. The van der Waals surface area contributed by atoms with E-state index in [4.69, 9.17) is 21.1 Å². The van der Waals surface area contributed by atoms with Crippen LogP contribution in [0.4, 0.5) is 16.2 Å². The molecule has 1 unspecified atom stereocenters. The summed E-state index contributed by atoms with van der Waals surface area (Å²) in [5, 5.41) is 2.59. The average molecular weight is 436 g/mol. The van der Waals surface area contributed by atoms with E-state index in [1.54, 1.807) is 46.2 Å². The van der Waals surface area contributed by atoms with Gasteiger partial charge in [-0.1, -0.05) is 11.6 Å². The van der Waals surface area contributed by atoms with Crippen molar-refractivity contribution in [2.24, 2.45) is 0 Å². The van der Waals surface area contributed by atoms with Gasteiger partial charge in [-0.05, 0) is 36.4 Å². The molecule has 2 aliphatic rings. The number of carbonyl (C=O) groups excluding carboxylic acids is 3. The van der Waals surface area contributed by atoms with Crippen LogP contribution in [0, 0.1) is 0 Å². The summed E-state index contributed by atoms with van der Waals surface area (Å²) in [4.78, 5) is 40.2. The van der Waals surface area contributed by atoms with E-state index in [0.29, 0.717) is 34.6 Å². The normalized spacial score (nSPS) is 19.1. The molecule has 1 N–H and O–H groups in total. The van der Waals surface area contributed by atoms with E-state index in [0.717, 1.165) is 5.69 Å². The second kappa shape index (κ2) is 8.40. The third-order valence-corrected chi connectivity index (χ3v) is 5.84. The van der Waals surface area contributed by atoms with E-state index >= 15 is 0 Å². The fourth-order valence-corrected chi connectivity index (χ4v) is 4.20. The Balaban J connectivity index is 1.58. The molecule has 2 saturated heterocycles. The minimum atomic E-state index is -0.497. The number of hydrogen-bond donors (Lipinski definition) is 1. The SMILES string of the molecule is O=C1NCC(CN(C(=O)c2ccc(Cl)s2)c2ccc(N3CCOCC3=O)cc2)O1. The molecule has 0 bridgehead atoms. The maximum Gasteiger partial charge on any atom is 0.407 e. The fraction of sp³-hybridized carbons (Fsp3) is 0.316. The molecule has 2 aliphatic heterocycles. The molecule has 152 valence electrons. The zero-order valence-electron chi connectivity index (χ0n) is 15.3. The van der Waals surface area contributed by atoms with Crippen LogP contribution in [0.1, 0.15) is 9.67 Å². The summed E-state index contributed by atoms with van der Waals surface area (Å²) in [6.45, 7) is 1.55. The van der Waals surface area contributed by atoms with Gasteiger partial charge in [0.25, 0.3) is 11.8 Å². The van der Waals surface area contributed by atoms with Crippen molar-refractivity contribution in [3.05, 3.63) is 45.6 Å². The summed E-state index contributed by atoms with van der Waals surface area (Å²) >= 11 is 7.17. The molecule has 2 aromatic rings. The summed E-state index contributed by atoms with van der Waals surface area (Å²) in [7, 11) is 0. The Kier molecular flexibility index (Phi) is 5.70. The maximum atomic E-state index is 13.1. The molecule has 29 heavy (non-hydrogen) atoms. The lowest BCUT2D eigenvalue weighted by Crippen LogP contribution is -2.41. The van der Waals surface area contributed by atoms with Gasteiger partial charge in [0.15, 0.2) is 0 Å². The molecular weight excluding hydrogens is 418 g/mol. The standard InChI is InChI=1S/C19H18ClN3O5S/c20-16-6-5-15(29-16)18(25)23(10-14-9-21-19(26)28-14)13-3-1-12(2-4-13)22-7-8-27-11-17(22)24/h1-6,14H,7-11H2,(H,21,26). The Morgan fingerprint density at radius 1 is 1.24 bits per heavy atom. The minimum absolute atomic E-state index is 0.0611. The van der Waals surface area contributed by atoms with Crippen LogP contribution in [-0.2, 0) is 14.3 Å². The van der Waals surface area contributed by atoms with Gasteiger partial charge in [-0.2, -0.15) is 0 Å². The zero-order chi connectivity index (χ0) is 20.4. The van der Waals surface area contributed by atoms with Gasteiger partial charge in [0, 0.05) is 17.9 Å². The highest BCUT2D eigenvalue weighted by Crippen LogP contribution is 2.27. The summed E-state index contributed by atoms with van der Waals surface area (Å²) < 4.78 is 10.9. The highest BCUT2D eigenvalue weighted by molar-refractivity contribution is 7.18. The monoisotopic (exact) mass is 435 g/mol. The first-order valence-corrected chi connectivity index (χ1v) is 10.2. The van der Waals surface area contributed by atoms with Gasteiger partial charge in [0.1, 0.15) is 12.7 Å². The van der Waals surface area contributed by atoms with Crippen LogP contribution in [0.5, 0.6) is 0 Å². The quantitative estimate of drug-likeness (QED) is 0.779. The molecule has 4 rings (SSSR count). The highest BCUT2D eigenvalue weighted by Gasteiger charge is 2.29. The van der Waals surface area contributed by atoms with Crippen LogP contribution < -0.4 is 15.1 Å². The Hall–Kier alpha value is -2.62. The van der Waals surface area contributed by atoms with E-state index in [1.807, 2.05) is 0 Å². The van der Waals surface area contributed by atoms with Gasteiger partial charge in [-0.25, -0.2) is 4.79 Å². The van der Waals surface area contributed by atoms with Crippen molar-refractivity contribution in [1.82, 2.24) is 5.32 Å². The molecule has 3 amide bonds. The summed E-state index contributed by atoms with van der Waals surface area (Å²) in [6.07, 6.45) is -0.954. The molecule has 1 atom stereocenters. The van der Waals surface area contributed by atoms with Gasteiger partial charge < -0.3 is 24.6 Å². The van der Waals surface area contributed by atoms with Gasteiger partial charge in [-0.3, -0.25) is 9.59 Å². The Morgan fingerprint density at radius 2 is 2.03 bits per heavy atom. The second-order valence-corrected chi connectivity index (χ2v) is 8.26. The largest absolute Gasteiger partial charge is 0.442 e. The molecular formula is C19H18ClN3O5S. The first-order chi connectivity index (χ1) is 14.0. The van der Waals surface area contributed by atoms with Gasteiger partial charge in [0.05, 0.1) is 28.9 Å². The number of rotatable bonds is 5. The van der Waals surface area contributed by atoms with Crippen molar-refractivity contribution in [2.45, 2.75) is 6.10 Å². The number of ether oxygens (including phenoxy) is 2. The number of anilines is 2. The number of amides is 3. The number of hydrogen-bond acceptors (Lipinski definition) is 6. The Labute approximate surface area is 175 Å². The summed E-state index contributed by atoms with van der Waals surface area (Å²) in [5.74, 6) is -0.339. The van der Waals surface area contributed by atoms with E-state index in [-0.39, 0.29) is 25.0 Å². The number of benzene rings is 1. The molecule has 3 heterocycles. The molecule has 0 radical (unpaired) electrons. The van der Waals surface area contributed by atoms with Crippen LogP contribution in [-0.4, -0.2) is 56.9 Å². The van der Waals surface area contributed by atoms with Crippen molar-refractivity contribution < 1.29 is 23.9 Å². The Morgan fingerprint density at radius 3 is 2.66 bits per heavy atom. The van der Waals surface area contributed by atoms with E-state index in [9.17, 15) is 14.4 Å². The third-order valence-electron chi connectivity index (χ3n) is 4.62.